The van der Waals surface area contributed by atoms with Gasteiger partial charge in [0.2, 0.25) is 6.29 Å². The Morgan fingerprint density at radius 3 is 3.00 bits per heavy atom. The van der Waals surface area contributed by atoms with E-state index in [1.807, 2.05) is 32.2 Å². The third-order valence-electron chi connectivity index (χ3n) is 2.59. The number of pyridine rings is 1. The average Bonchev–Trinajstić information content (AvgIpc) is 2.60. The molecule has 2 aromatic rings. The standard InChI is InChI=1S/C12H11NO2S/c1-6-3-9-10(13-5-6)11-8(12(14)15-9)4-7(2)16-11/h3-5,12,14H,1-2H3. The number of aryl methyl sites for hydroxylation is 2. The summed E-state index contributed by atoms with van der Waals surface area (Å²) in [6, 6.07) is 3.86. The molecule has 3 heterocycles. The van der Waals surface area contributed by atoms with Gasteiger partial charge in [0.15, 0.2) is 5.75 Å². The van der Waals surface area contributed by atoms with Crippen molar-refractivity contribution >= 4 is 11.3 Å². The molecule has 0 aliphatic carbocycles. The van der Waals surface area contributed by atoms with Crippen LogP contribution in [-0.2, 0) is 0 Å². The Hall–Kier alpha value is -1.39. The maximum absolute atomic E-state index is 9.87. The molecule has 0 fully saturated rings. The molecule has 0 spiro atoms. The summed E-state index contributed by atoms with van der Waals surface area (Å²) in [5.41, 5.74) is 2.69. The van der Waals surface area contributed by atoms with Gasteiger partial charge in [0, 0.05) is 16.6 Å². The van der Waals surface area contributed by atoms with Crippen LogP contribution >= 0.6 is 11.3 Å². The summed E-state index contributed by atoms with van der Waals surface area (Å²) in [5.74, 6) is 0.668. The molecule has 4 heteroatoms. The van der Waals surface area contributed by atoms with Crippen LogP contribution in [0.1, 0.15) is 22.3 Å². The van der Waals surface area contributed by atoms with Gasteiger partial charge in [-0.05, 0) is 31.5 Å². The van der Waals surface area contributed by atoms with Crippen LogP contribution in [-0.4, -0.2) is 10.1 Å². The largest absolute Gasteiger partial charge is 0.458 e. The van der Waals surface area contributed by atoms with Crippen LogP contribution in [0.15, 0.2) is 18.3 Å². The number of aromatic nitrogens is 1. The molecule has 1 N–H and O–H groups in total. The summed E-state index contributed by atoms with van der Waals surface area (Å²) >= 11 is 1.64. The second kappa shape index (κ2) is 3.30. The Kier molecular flexibility index (Phi) is 2.02. The summed E-state index contributed by atoms with van der Waals surface area (Å²) in [5, 5.41) is 9.87. The van der Waals surface area contributed by atoms with Gasteiger partial charge in [-0.2, -0.15) is 0 Å². The van der Waals surface area contributed by atoms with Crippen LogP contribution in [0.4, 0.5) is 0 Å². The number of aliphatic hydroxyl groups excluding tert-OH is 1. The van der Waals surface area contributed by atoms with Gasteiger partial charge < -0.3 is 9.84 Å². The smallest absolute Gasteiger partial charge is 0.225 e. The topological polar surface area (TPSA) is 42.4 Å². The van der Waals surface area contributed by atoms with Crippen molar-refractivity contribution in [2.45, 2.75) is 20.1 Å². The van der Waals surface area contributed by atoms with Crippen molar-refractivity contribution in [1.29, 1.82) is 0 Å². The first-order chi connectivity index (χ1) is 7.65. The first-order valence-electron chi connectivity index (χ1n) is 5.07. The monoisotopic (exact) mass is 233 g/mol. The van der Waals surface area contributed by atoms with Crippen molar-refractivity contribution in [3.63, 3.8) is 0 Å². The van der Waals surface area contributed by atoms with Crippen molar-refractivity contribution in [3.05, 3.63) is 34.3 Å². The molecule has 0 amide bonds. The van der Waals surface area contributed by atoms with E-state index in [1.54, 1.807) is 11.3 Å². The number of ether oxygens (including phenoxy) is 1. The molecule has 0 radical (unpaired) electrons. The molecule has 82 valence electrons. The van der Waals surface area contributed by atoms with Crippen LogP contribution in [0.5, 0.6) is 5.75 Å². The Morgan fingerprint density at radius 1 is 1.38 bits per heavy atom. The van der Waals surface area contributed by atoms with E-state index in [-0.39, 0.29) is 0 Å². The van der Waals surface area contributed by atoms with Gasteiger partial charge in [0.05, 0.1) is 4.88 Å². The SMILES string of the molecule is Cc1cnc2c(c1)OC(O)c1cc(C)sc1-2. The van der Waals surface area contributed by atoms with E-state index in [0.29, 0.717) is 5.75 Å². The highest BCUT2D eigenvalue weighted by atomic mass is 32.1. The quantitative estimate of drug-likeness (QED) is 0.760. The van der Waals surface area contributed by atoms with Crippen LogP contribution in [0, 0.1) is 13.8 Å². The molecule has 1 atom stereocenters. The molecule has 2 aromatic heterocycles. The third kappa shape index (κ3) is 1.34. The number of fused-ring (bicyclic) bond motifs is 3. The van der Waals surface area contributed by atoms with E-state index < -0.39 is 6.29 Å². The Morgan fingerprint density at radius 2 is 2.19 bits per heavy atom. The van der Waals surface area contributed by atoms with Gasteiger partial charge in [-0.25, -0.2) is 0 Å². The lowest BCUT2D eigenvalue weighted by atomic mass is 10.1. The fourth-order valence-corrected chi connectivity index (χ4v) is 2.92. The summed E-state index contributed by atoms with van der Waals surface area (Å²) in [6.45, 7) is 3.97. The molecule has 3 rings (SSSR count). The predicted molar refractivity (Wildman–Crippen MR) is 62.6 cm³/mol. The zero-order valence-electron chi connectivity index (χ0n) is 9.02. The molecule has 16 heavy (non-hydrogen) atoms. The normalized spacial score (nSPS) is 17.6. The lowest BCUT2D eigenvalue weighted by molar-refractivity contribution is -0.0212. The van der Waals surface area contributed by atoms with Crippen LogP contribution < -0.4 is 4.74 Å². The second-order valence-electron chi connectivity index (χ2n) is 3.97. The van der Waals surface area contributed by atoms with E-state index in [1.165, 1.54) is 0 Å². The van der Waals surface area contributed by atoms with E-state index in [4.69, 9.17) is 4.74 Å². The zero-order chi connectivity index (χ0) is 11.3. The number of hydrogen-bond donors (Lipinski definition) is 1. The first-order valence-corrected chi connectivity index (χ1v) is 5.89. The van der Waals surface area contributed by atoms with Crippen molar-refractivity contribution in [2.24, 2.45) is 0 Å². The fraction of sp³-hybridized carbons (Fsp3) is 0.250. The number of hydrogen-bond acceptors (Lipinski definition) is 4. The molecule has 1 unspecified atom stereocenters. The summed E-state index contributed by atoms with van der Waals surface area (Å²) in [7, 11) is 0. The Labute approximate surface area is 97.3 Å². The van der Waals surface area contributed by atoms with Gasteiger partial charge in [-0.15, -0.1) is 11.3 Å². The molecule has 1 aliphatic heterocycles. The van der Waals surface area contributed by atoms with E-state index >= 15 is 0 Å². The number of rotatable bonds is 0. The van der Waals surface area contributed by atoms with Crippen molar-refractivity contribution in [3.8, 4) is 16.3 Å². The molecule has 1 aliphatic rings. The highest BCUT2D eigenvalue weighted by Crippen LogP contribution is 2.44. The van der Waals surface area contributed by atoms with E-state index in [2.05, 4.69) is 4.98 Å². The summed E-state index contributed by atoms with van der Waals surface area (Å²) in [4.78, 5) is 6.56. The highest BCUT2D eigenvalue weighted by molar-refractivity contribution is 7.15. The third-order valence-corrected chi connectivity index (χ3v) is 3.67. The van der Waals surface area contributed by atoms with Crippen LogP contribution in [0.3, 0.4) is 0 Å². The summed E-state index contributed by atoms with van der Waals surface area (Å²) < 4.78 is 5.45. The lowest BCUT2D eigenvalue weighted by Crippen LogP contribution is -2.12. The second-order valence-corrected chi connectivity index (χ2v) is 5.23. The van der Waals surface area contributed by atoms with E-state index in [9.17, 15) is 5.11 Å². The van der Waals surface area contributed by atoms with Crippen LogP contribution in [0.25, 0.3) is 10.6 Å². The first kappa shape index (κ1) is 9.81. The molecule has 0 bridgehead atoms. The Balaban J connectivity index is 2.27. The molecular formula is C12H11NO2S. The van der Waals surface area contributed by atoms with Gasteiger partial charge in [-0.1, -0.05) is 0 Å². The Bertz CT molecular complexity index is 562. The van der Waals surface area contributed by atoms with Gasteiger partial charge in [0.1, 0.15) is 5.69 Å². The van der Waals surface area contributed by atoms with Gasteiger partial charge in [0.25, 0.3) is 0 Å². The van der Waals surface area contributed by atoms with E-state index in [0.717, 1.165) is 26.6 Å². The van der Waals surface area contributed by atoms with Gasteiger partial charge in [-0.3, -0.25) is 4.98 Å². The van der Waals surface area contributed by atoms with Crippen molar-refractivity contribution in [2.75, 3.05) is 0 Å². The molecule has 0 saturated heterocycles. The molecule has 0 saturated carbocycles. The van der Waals surface area contributed by atoms with Crippen molar-refractivity contribution < 1.29 is 9.84 Å². The van der Waals surface area contributed by atoms with Gasteiger partial charge >= 0.3 is 0 Å². The highest BCUT2D eigenvalue weighted by Gasteiger charge is 2.27. The fourth-order valence-electron chi connectivity index (χ4n) is 1.89. The minimum Gasteiger partial charge on any atom is -0.458 e. The number of nitrogens with zero attached hydrogens (tertiary/aromatic N) is 1. The lowest BCUT2D eigenvalue weighted by Gasteiger charge is -2.21. The summed E-state index contributed by atoms with van der Waals surface area (Å²) in [6.07, 6.45) is 0.953. The minimum atomic E-state index is -0.865. The predicted octanol–water partition coefficient (Wildman–Crippen LogP) is 2.81. The maximum Gasteiger partial charge on any atom is 0.225 e. The number of thiophene rings is 1. The zero-order valence-corrected chi connectivity index (χ0v) is 9.84. The minimum absolute atomic E-state index is 0.668. The number of aliphatic hydroxyl groups is 1. The maximum atomic E-state index is 9.87. The van der Waals surface area contributed by atoms with Crippen molar-refractivity contribution in [1.82, 2.24) is 4.98 Å². The molecule has 3 nitrogen and oxygen atoms in total. The molecular weight excluding hydrogens is 222 g/mol. The molecule has 0 aromatic carbocycles. The van der Waals surface area contributed by atoms with Crippen LogP contribution in [0.2, 0.25) is 0 Å². The average molecular weight is 233 g/mol.